The second-order valence-electron chi connectivity index (χ2n) is 3.30. The predicted octanol–water partition coefficient (Wildman–Crippen LogP) is 2.88. The van der Waals surface area contributed by atoms with Crippen LogP contribution in [0.15, 0.2) is 34.3 Å². The minimum Gasteiger partial charge on any atom is -0.447 e. The zero-order valence-electron chi connectivity index (χ0n) is 8.22. The van der Waals surface area contributed by atoms with Crippen LogP contribution in [-0.2, 0) is 9.53 Å². The fourth-order valence-electron chi connectivity index (χ4n) is 1.44. The second-order valence-corrected chi connectivity index (χ2v) is 4.08. The first kappa shape index (κ1) is 11.9. The summed E-state index contributed by atoms with van der Waals surface area (Å²) in [6.07, 6.45) is -0.864. The number of nitro groups is 1. The molecular weight excluding hydrogens is 269 g/mol. The Morgan fingerprint density at radius 2 is 2.06 bits per heavy atom. The maximum atomic E-state index is 11.2. The van der Waals surface area contributed by atoms with Crippen molar-refractivity contribution < 1.29 is 14.5 Å². The standard InChI is InChI=1S/C10H5Cl2NO4/c11-7-8(12)10(14)17-9(7)5-2-1-3-6(4-5)13(15)16/h1-4,9H. The van der Waals surface area contributed by atoms with Crippen LogP contribution in [0, 0.1) is 10.1 Å². The Kier molecular flexibility index (Phi) is 3.04. The smallest absolute Gasteiger partial charge is 0.352 e. The molecule has 0 saturated carbocycles. The van der Waals surface area contributed by atoms with Crippen LogP contribution in [0.3, 0.4) is 0 Å². The van der Waals surface area contributed by atoms with Gasteiger partial charge in [0.25, 0.3) is 5.69 Å². The predicted molar refractivity (Wildman–Crippen MR) is 60.7 cm³/mol. The van der Waals surface area contributed by atoms with Crippen molar-refractivity contribution in [2.45, 2.75) is 6.10 Å². The molecule has 1 unspecified atom stereocenters. The van der Waals surface area contributed by atoms with Crippen molar-refractivity contribution >= 4 is 34.9 Å². The van der Waals surface area contributed by atoms with Gasteiger partial charge in [0.05, 0.1) is 9.96 Å². The number of hydrogen-bond donors (Lipinski definition) is 0. The number of hydrogen-bond acceptors (Lipinski definition) is 4. The number of ether oxygens (including phenoxy) is 1. The molecule has 7 heteroatoms. The number of cyclic esters (lactones) is 1. The van der Waals surface area contributed by atoms with Gasteiger partial charge in [0.2, 0.25) is 0 Å². The van der Waals surface area contributed by atoms with Gasteiger partial charge in [0.1, 0.15) is 5.03 Å². The van der Waals surface area contributed by atoms with Gasteiger partial charge in [0.15, 0.2) is 6.10 Å². The molecule has 0 fully saturated rings. The summed E-state index contributed by atoms with van der Waals surface area (Å²) in [6.45, 7) is 0. The number of nitro benzene ring substituents is 1. The zero-order valence-corrected chi connectivity index (χ0v) is 9.73. The number of non-ortho nitro benzene ring substituents is 1. The monoisotopic (exact) mass is 273 g/mol. The molecule has 0 spiro atoms. The number of esters is 1. The lowest BCUT2D eigenvalue weighted by Crippen LogP contribution is -2.02. The molecule has 0 aliphatic carbocycles. The van der Waals surface area contributed by atoms with E-state index < -0.39 is 17.0 Å². The maximum absolute atomic E-state index is 11.2. The Morgan fingerprint density at radius 1 is 1.35 bits per heavy atom. The minimum atomic E-state index is -0.864. The van der Waals surface area contributed by atoms with Gasteiger partial charge in [-0.25, -0.2) is 4.79 Å². The van der Waals surface area contributed by atoms with E-state index >= 15 is 0 Å². The molecule has 1 aromatic rings. The molecule has 1 heterocycles. The van der Waals surface area contributed by atoms with Crippen LogP contribution in [-0.4, -0.2) is 10.9 Å². The van der Waals surface area contributed by atoms with Crippen LogP contribution in [0.1, 0.15) is 11.7 Å². The molecular formula is C10H5Cl2NO4. The average Bonchev–Trinajstić information content (AvgIpc) is 2.57. The Hall–Kier alpha value is -1.59. The van der Waals surface area contributed by atoms with E-state index in [1.54, 1.807) is 6.07 Å². The lowest BCUT2D eigenvalue weighted by Gasteiger charge is -2.09. The Balaban J connectivity index is 2.40. The Morgan fingerprint density at radius 3 is 2.59 bits per heavy atom. The van der Waals surface area contributed by atoms with E-state index in [2.05, 4.69) is 0 Å². The molecule has 0 N–H and O–H groups in total. The van der Waals surface area contributed by atoms with Gasteiger partial charge in [-0.05, 0) is 0 Å². The van der Waals surface area contributed by atoms with Crippen LogP contribution in [0.25, 0.3) is 0 Å². The molecule has 0 aromatic heterocycles. The quantitative estimate of drug-likeness (QED) is 0.472. The highest BCUT2D eigenvalue weighted by molar-refractivity contribution is 6.48. The van der Waals surface area contributed by atoms with Gasteiger partial charge in [-0.2, -0.15) is 0 Å². The maximum Gasteiger partial charge on any atom is 0.352 e. The molecule has 2 rings (SSSR count). The molecule has 0 radical (unpaired) electrons. The van der Waals surface area contributed by atoms with Crippen molar-refractivity contribution in [2.75, 3.05) is 0 Å². The van der Waals surface area contributed by atoms with Gasteiger partial charge >= 0.3 is 5.97 Å². The third-order valence-corrected chi connectivity index (χ3v) is 3.07. The lowest BCUT2D eigenvalue weighted by molar-refractivity contribution is -0.385. The molecule has 1 atom stereocenters. The number of halogens is 2. The van der Waals surface area contributed by atoms with Crippen LogP contribution < -0.4 is 0 Å². The lowest BCUT2D eigenvalue weighted by atomic mass is 10.1. The molecule has 17 heavy (non-hydrogen) atoms. The second kappa shape index (κ2) is 4.35. The summed E-state index contributed by atoms with van der Waals surface area (Å²) >= 11 is 11.4. The highest BCUT2D eigenvalue weighted by Crippen LogP contribution is 2.39. The minimum absolute atomic E-state index is 0.0390. The van der Waals surface area contributed by atoms with Gasteiger partial charge in [0, 0.05) is 17.7 Å². The highest BCUT2D eigenvalue weighted by atomic mass is 35.5. The van der Waals surface area contributed by atoms with Crippen molar-refractivity contribution in [3.05, 3.63) is 50.0 Å². The van der Waals surface area contributed by atoms with Gasteiger partial charge in [-0.15, -0.1) is 0 Å². The van der Waals surface area contributed by atoms with E-state index in [0.29, 0.717) is 5.56 Å². The molecule has 0 saturated heterocycles. The average molecular weight is 274 g/mol. The summed E-state index contributed by atoms with van der Waals surface area (Å²) < 4.78 is 4.91. The van der Waals surface area contributed by atoms with Gasteiger partial charge in [-0.1, -0.05) is 35.3 Å². The van der Waals surface area contributed by atoms with E-state index in [9.17, 15) is 14.9 Å². The summed E-state index contributed by atoms with van der Waals surface area (Å²) in [5.74, 6) is -0.729. The normalized spacial score (nSPS) is 19.4. The first-order valence-corrected chi connectivity index (χ1v) is 5.27. The summed E-state index contributed by atoms with van der Waals surface area (Å²) in [6, 6.07) is 5.68. The molecule has 1 aromatic carbocycles. The van der Waals surface area contributed by atoms with E-state index in [0.717, 1.165) is 0 Å². The fourth-order valence-corrected chi connectivity index (χ4v) is 1.83. The number of benzene rings is 1. The van der Waals surface area contributed by atoms with E-state index in [1.807, 2.05) is 0 Å². The molecule has 88 valence electrons. The number of rotatable bonds is 2. The van der Waals surface area contributed by atoms with Crippen molar-refractivity contribution in [1.82, 2.24) is 0 Å². The summed E-state index contributed by atoms with van der Waals surface area (Å²) in [4.78, 5) is 21.2. The SMILES string of the molecule is O=C1OC(c2cccc([N+](=O)[O-])c2)C(Cl)=C1Cl. The number of carbonyl (C=O) groups is 1. The van der Waals surface area contributed by atoms with Crippen LogP contribution in [0.2, 0.25) is 0 Å². The fraction of sp³-hybridized carbons (Fsp3) is 0.100. The molecule has 0 bridgehead atoms. The van der Waals surface area contributed by atoms with Gasteiger partial charge < -0.3 is 4.74 Å². The van der Waals surface area contributed by atoms with Crippen LogP contribution >= 0.6 is 23.2 Å². The first-order chi connectivity index (χ1) is 8.00. The summed E-state index contributed by atoms with van der Waals surface area (Å²) in [5, 5.41) is 10.5. The van der Waals surface area contributed by atoms with Crippen molar-refractivity contribution in [1.29, 1.82) is 0 Å². The first-order valence-electron chi connectivity index (χ1n) is 4.51. The van der Waals surface area contributed by atoms with Crippen LogP contribution in [0.4, 0.5) is 5.69 Å². The highest BCUT2D eigenvalue weighted by Gasteiger charge is 2.33. The molecule has 5 nitrogen and oxygen atoms in total. The number of carbonyl (C=O) groups excluding carboxylic acids is 1. The largest absolute Gasteiger partial charge is 0.447 e. The summed E-state index contributed by atoms with van der Waals surface area (Å²) in [7, 11) is 0. The van der Waals surface area contributed by atoms with Crippen LogP contribution in [0.5, 0.6) is 0 Å². The third-order valence-electron chi connectivity index (χ3n) is 2.23. The van der Waals surface area contributed by atoms with Gasteiger partial charge in [-0.3, -0.25) is 10.1 Å². The van der Waals surface area contributed by atoms with Crippen molar-refractivity contribution in [3.63, 3.8) is 0 Å². The third kappa shape index (κ3) is 2.11. The summed E-state index contributed by atoms with van der Waals surface area (Å²) in [5.41, 5.74) is 0.305. The van der Waals surface area contributed by atoms with E-state index in [1.165, 1.54) is 18.2 Å². The van der Waals surface area contributed by atoms with Crippen molar-refractivity contribution in [3.8, 4) is 0 Å². The van der Waals surface area contributed by atoms with E-state index in [-0.39, 0.29) is 15.8 Å². The zero-order chi connectivity index (χ0) is 12.6. The topological polar surface area (TPSA) is 69.4 Å². The van der Waals surface area contributed by atoms with E-state index in [4.69, 9.17) is 27.9 Å². The molecule has 0 amide bonds. The Bertz CT molecular complexity index is 541. The number of nitrogens with zero attached hydrogens (tertiary/aromatic N) is 1. The molecule has 1 aliphatic heterocycles. The Labute approximate surface area is 106 Å². The van der Waals surface area contributed by atoms with Crippen molar-refractivity contribution in [2.24, 2.45) is 0 Å². The molecule has 1 aliphatic rings.